The summed E-state index contributed by atoms with van der Waals surface area (Å²) >= 11 is 0. The van der Waals surface area contributed by atoms with Crippen molar-refractivity contribution in [3.8, 4) is 0 Å². The fourth-order valence-electron chi connectivity index (χ4n) is 4.48. The van der Waals surface area contributed by atoms with Gasteiger partial charge in [-0.05, 0) is 31.2 Å². The SMILES string of the molecule is COC1CN(C)C(=O)C2(CCN(c3cc(C(C)C)nn4cnnc34)CC2)C1. The van der Waals surface area contributed by atoms with Crippen LogP contribution in [-0.4, -0.2) is 70.5 Å². The Balaban J connectivity index is 1.60. The number of ether oxygens (including phenoxy) is 1. The van der Waals surface area contributed by atoms with Crippen molar-refractivity contribution in [2.45, 2.75) is 45.1 Å². The Hall–Kier alpha value is -2.22. The van der Waals surface area contributed by atoms with Gasteiger partial charge in [0, 0.05) is 33.8 Å². The van der Waals surface area contributed by atoms with Crippen molar-refractivity contribution < 1.29 is 9.53 Å². The second-order valence-corrected chi connectivity index (χ2v) is 8.22. The summed E-state index contributed by atoms with van der Waals surface area (Å²) in [5.74, 6) is 0.586. The third-order valence-electron chi connectivity index (χ3n) is 6.15. The van der Waals surface area contributed by atoms with Gasteiger partial charge in [-0.15, -0.1) is 10.2 Å². The topological polar surface area (TPSA) is 75.9 Å². The van der Waals surface area contributed by atoms with Gasteiger partial charge in [-0.1, -0.05) is 13.8 Å². The lowest BCUT2D eigenvalue weighted by atomic mass is 9.71. The molecule has 8 nitrogen and oxygen atoms in total. The monoisotopic (exact) mass is 372 g/mol. The predicted octanol–water partition coefficient (Wildman–Crippen LogP) is 1.71. The standard InChI is InChI=1S/C19H28N6O2/c1-13(2)15-9-16(17-21-20-12-25(17)22-15)24-7-5-19(6-8-24)10-14(27-4)11-23(3)18(19)26/h9,12-14H,5-8,10-11H2,1-4H3. The molecule has 2 aromatic rings. The van der Waals surface area contributed by atoms with Crippen molar-refractivity contribution in [2.24, 2.45) is 5.41 Å². The van der Waals surface area contributed by atoms with Crippen LogP contribution in [-0.2, 0) is 9.53 Å². The number of amides is 1. The maximum Gasteiger partial charge on any atom is 0.228 e. The number of carbonyl (C=O) groups excluding carboxylic acids is 1. The minimum atomic E-state index is -0.304. The summed E-state index contributed by atoms with van der Waals surface area (Å²) in [5.41, 5.74) is 2.55. The van der Waals surface area contributed by atoms with Crippen LogP contribution < -0.4 is 4.90 Å². The quantitative estimate of drug-likeness (QED) is 0.816. The van der Waals surface area contributed by atoms with Crippen LogP contribution in [0.1, 0.15) is 44.7 Å². The zero-order valence-corrected chi connectivity index (χ0v) is 16.6. The number of likely N-dealkylation sites (N-methyl/N-ethyl adjacent to an activating group) is 1. The number of aromatic nitrogens is 4. The Morgan fingerprint density at radius 1 is 1.30 bits per heavy atom. The molecular formula is C19H28N6O2. The number of anilines is 1. The molecule has 0 radical (unpaired) electrons. The lowest BCUT2D eigenvalue weighted by Gasteiger charge is -2.48. The third-order valence-corrected chi connectivity index (χ3v) is 6.15. The van der Waals surface area contributed by atoms with Crippen LogP contribution in [0.4, 0.5) is 5.69 Å². The molecule has 2 fully saturated rings. The molecule has 2 aromatic heterocycles. The van der Waals surface area contributed by atoms with E-state index in [1.165, 1.54) is 0 Å². The maximum atomic E-state index is 12.9. The van der Waals surface area contributed by atoms with Gasteiger partial charge < -0.3 is 14.5 Å². The molecular weight excluding hydrogens is 344 g/mol. The summed E-state index contributed by atoms with van der Waals surface area (Å²) in [4.78, 5) is 17.1. The summed E-state index contributed by atoms with van der Waals surface area (Å²) in [6.07, 6.45) is 4.24. The number of likely N-dealkylation sites (tertiary alicyclic amines) is 1. The van der Waals surface area contributed by atoms with Crippen molar-refractivity contribution in [2.75, 3.05) is 38.7 Å². The van der Waals surface area contributed by atoms with E-state index in [0.717, 1.165) is 49.4 Å². The Bertz CT molecular complexity index is 840. The first-order chi connectivity index (χ1) is 12.9. The molecule has 1 amide bonds. The van der Waals surface area contributed by atoms with Crippen molar-refractivity contribution in [1.29, 1.82) is 0 Å². The molecule has 146 valence electrons. The number of hydrogen-bond donors (Lipinski definition) is 0. The zero-order chi connectivity index (χ0) is 19.2. The van der Waals surface area contributed by atoms with Gasteiger partial charge in [0.05, 0.1) is 22.9 Å². The number of fused-ring (bicyclic) bond motifs is 1. The maximum absolute atomic E-state index is 12.9. The fourth-order valence-corrected chi connectivity index (χ4v) is 4.48. The first-order valence-electron chi connectivity index (χ1n) is 9.68. The summed E-state index contributed by atoms with van der Waals surface area (Å²) in [7, 11) is 3.63. The van der Waals surface area contributed by atoms with Crippen molar-refractivity contribution in [3.05, 3.63) is 18.1 Å². The molecule has 1 spiro atoms. The smallest absolute Gasteiger partial charge is 0.228 e. The van der Waals surface area contributed by atoms with E-state index < -0.39 is 0 Å². The van der Waals surface area contributed by atoms with Gasteiger partial charge >= 0.3 is 0 Å². The molecule has 1 unspecified atom stereocenters. The summed E-state index contributed by atoms with van der Waals surface area (Å²) in [5, 5.41) is 12.9. The molecule has 2 saturated heterocycles. The highest BCUT2D eigenvalue weighted by molar-refractivity contribution is 5.84. The van der Waals surface area contributed by atoms with E-state index in [9.17, 15) is 4.79 Å². The molecule has 8 heteroatoms. The highest BCUT2D eigenvalue weighted by Crippen LogP contribution is 2.42. The Morgan fingerprint density at radius 2 is 2.04 bits per heavy atom. The first kappa shape index (κ1) is 18.2. The number of carbonyl (C=O) groups is 1. The summed E-state index contributed by atoms with van der Waals surface area (Å²) in [6.45, 7) is 6.59. The van der Waals surface area contributed by atoms with Crippen molar-refractivity contribution in [3.63, 3.8) is 0 Å². The van der Waals surface area contributed by atoms with Crippen LogP contribution in [0.15, 0.2) is 12.4 Å². The van der Waals surface area contributed by atoms with E-state index in [-0.39, 0.29) is 17.4 Å². The summed E-state index contributed by atoms with van der Waals surface area (Å²) < 4.78 is 7.36. The Morgan fingerprint density at radius 3 is 2.70 bits per heavy atom. The number of nitrogens with zero attached hydrogens (tertiary/aromatic N) is 6. The minimum absolute atomic E-state index is 0.121. The second kappa shape index (κ2) is 6.74. The van der Waals surface area contributed by atoms with Gasteiger partial charge in [-0.2, -0.15) is 9.61 Å². The van der Waals surface area contributed by atoms with E-state index in [0.29, 0.717) is 12.5 Å². The number of rotatable bonds is 3. The molecule has 2 aliphatic heterocycles. The average Bonchev–Trinajstić information content (AvgIpc) is 3.14. The largest absolute Gasteiger partial charge is 0.380 e. The number of methoxy groups -OCH3 is 1. The van der Waals surface area contributed by atoms with Crippen molar-refractivity contribution in [1.82, 2.24) is 24.7 Å². The fraction of sp³-hybridized carbons (Fsp3) is 0.684. The van der Waals surface area contributed by atoms with Crippen LogP contribution in [0.3, 0.4) is 0 Å². The lowest BCUT2D eigenvalue weighted by molar-refractivity contribution is -0.153. The van der Waals surface area contributed by atoms with Crippen LogP contribution in [0, 0.1) is 5.41 Å². The predicted molar refractivity (Wildman–Crippen MR) is 102 cm³/mol. The van der Waals surface area contributed by atoms with E-state index in [1.807, 2.05) is 11.9 Å². The van der Waals surface area contributed by atoms with E-state index in [4.69, 9.17) is 4.74 Å². The van der Waals surface area contributed by atoms with E-state index in [1.54, 1.807) is 18.0 Å². The van der Waals surface area contributed by atoms with E-state index >= 15 is 0 Å². The normalized spacial score (nSPS) is 23.0. The molecule has 4 heterocycles. The molecule has 0 aliphatic carbocycles. The Kier molecular flexibility index (Phi) is 4.53. The molecule has 0 bridgehead atoms. The molecule has 0 saturated carbocycles. The molecule has 27 heavy (non-hydrogen) atoms. The van der Waals surface area contributed by atoms with Gasteiger partial charge in [-0.3, -0.25) is 4.79 Å². The zero-order valence-electron chi connectivity index (χ0n) is 16.6. The minimum Gasteiger partial charge on any atom is -0.380 e. The van der Waals surface area contributed by atoms with Gasteiger partial charge in [0.25, 0.3) is 0 Å². The van der Waals surface area contributed by atoms with Gasteiger partial charge in [0.15, 0.2) is 0 Å². The van der Waals surface area contributed by atoms with Crippen LogP contribution in [0.2, 0.25) is 0 Å². The van der Waals surface area contributed by atoms with Crippen molar-refractivity contribution >= 4 is 17.2 Å². The highest BCUT2D eigenvalue weighted by Gasteiger charge is 2.48. The Labute approximate surface area is 159 Å². The lowest BCUT2D eigenvalue weighted by Crippen LogP contribution is -2.56. The molecule has 1 atom stereocenters. The van der Waals surface area contributed by atoms with Crippen LogP contribution in [0.25, 0.3) is 5.65 Å². The van der Waals surface area contributed by atoms with Crippen LogP contribution in [0.5, 0.6) is 0 Å². The van der Waals surface area contributed by atoms with Gasteiger partial charge in [0.2, 0.25) is 11.6 Å². The molecule has 0 N–H and O–H groups in total. The second-order valence-electron chi connectivity index (χ2n) is 8.22. The van der Waals surface area contributed by atoms with Crippen LogP contribution >= 0.6 is 0 Å². The van der Waals surface area contributed by atoms with E-state index in [2.05, 4.69) is 40.1 Å². The third kappa shape index (κ3) is 3.05. The number of piperidine rings is 2. The number of hydrogen-bond acceptors (Lipinski definition) is 6. The van der Waals surface area contributed by atoms with Gasteiger partial charge in [-0.25, -0.2) is 0 Å². The molecule has 2 aliphatic rings. The average molecular weight is 372 g/mol. The van der Waals surface area contributed by atoms with Gasteiger partial charge in [0.1, 0.15) is 6.33 Å². The summed E-state index contributed by atoms with van der Waals surface area (Å²) in [6, 6.07) is 2.12. The highest BCUT2D eigenvalue weighted by atomic mass is 16.5. The molecule has 4 rings (SSSR count). The first-order valence-corrected chi connectivity index (χ1v) is 9.68. The molecule has 0 aromatic carbocycles.